The highest BCUT2D eigenvalue weighted by molar-refractivity contribution is 9.10. The highest BCUT2D eigenvalue weighted by Crippen LogP contribution is 2.18. The molecule has 0 aromatic heterocycles. The number of nitrogens with zero attached hydrogens (tertiary/aromatic N) is 1. The first-order valence-electron chi connectivity index (χ1n) is 5.87. The lowest BCUT2D eigenvalue weighted by Gasteiger charge is -2.27. The van der Waals surface area contributed by atoms with Gasteiger partial charge in [-0.2, -0.15) is 0 Å². The molecule has 0 aliphatic rings. The number of carbonyl (C=O) groups excluding carboxylic acids is 1. The van der Waals surface area contributed by atoms with E-state index in [1.807, 2.05) is 13.8 Å². The van der Waals surface area contributed by atoms with E-state index in [2.05, 4.69) is 15.9 Å². The summed E-state index contributed by atoms with van der Waals surface area (Å²) in [7, 11) is 0. The molecule has 2 N–H and O–H groups in total. The first kappa shape index (κ1) is 16.0. The van der Waals surface area contributed by atoms with Crippen LogP contribution < -0.4 is 5.73 Å². The van der Waals surface area contributed by atoms with E-state index in [0.29, 0.717) is 22.4 Å². The Morgan fingerprint density at radius 2 is 2.16 bits per heavy atom. The number of nitrogens with two attached hydrogens (primary N) is 1. The summed E-state index contributed by atoms with van der Waals surface area (Å²) < 4.78 is 14.4. The Morgan fingerprint density at radius 3 is 2.63 bits per heavy atom. The lowest BCUT2D eigenvalue weighted by Crippen LogP contribution is -2.39. The summed E-state index contributed by atoms with van der Waals surface area (Å²) in [6, 6.07) is 4.34. The fourth-order valence-corrected chi connectivity index (χ4v) is 2.07. The van der Waals surface area contributed by atoms with Crippen molar-refractivity contribution in [1.29, 1.82) is 0 Å². The van der Waals surface area contributed by atoms with E-state index >= 15 is 0 Å². The molecule has 0 fully saturated rings. The van der Waals surface area contributed by atoms with Crippen LogP contribution >= 0.6 is 28.1 Å². The van der Waals surface area contributed by atoms with Crippen LogP contribution in [0.2, 0.25) is 0 Å². The molecule has 19 heavy (non-hydrogen) atoms. The van der Waals surface area contributed by atoms with Crippen LogP contribution in [0.3, 0.4) is 0 Å². The van der Waals surface area contributed by atoms with E-state index in [1.54, 1.807) is 11.0 Å². The number of thiocarbonyl (C=S) groups is 1. The Morgan fingerprint density at radius 1 is 1.53 bits per heavy atom. The molecule has 3 nitrogen and oxygen atoms in total. The standard InChI is InChI=1S/C13H16BrFN2OS/c1-8(2)17(6-5-12(16)19)13(18)10-4-3-9(14)7-11(10)15/h3-4,7-8H,5-6H2,1-2H3,(H2,16,19). The van der Waals surface area contributed by atoms with Crippen molar-refractivity contribution < 1.29 is 9.18 Å². The molecule has 0 radical (unpaired) electrons. The minimum Gasteiger partial charge on any atom is -0.393 e. The molecule has 0 heterocycles. The third-order valence-corrected chi connectivity index (χ3v) is 3.34. The maximum atomic E-state index is 13.8. The summed E-state index contributed by atoms with van der Waals surface area (Å²) in [4.78, 5) is 14.2. The third-order valence-electron chi connectivity index (χ3n) is 2.64. The molecule has 1 rings (SSSR count). The predicted octanol–water partition coefficient (Wildman–Crippen LogP) is 3.12. The van der Waals surface area contributed by atoms with E-state index in [-0.39, 0.29) is 17.5 Å². The van der Waals surface area contributed by atoms with Crippen LogP contribution in [-0.4, -0.2) is 28.4 Å². The molecule has 1 aromatic carbocycles. The Balaban J connectivity index is 2.95. The normalized spacial score (nSPS) is 10.6. The molecule has 1 aromatic rings. The van der Waals surface area contributed by atoms with Gasteiger partial charge in [0, 0.05) is 23.5 Å². The van der Waals surface area contributed by atoms with Crippen LogP contribution in [0.25, 0.3) is 0 Å². The van der Waals surface area contributed by atoms with Crippen LogP contribution in [-0.2, 0) is 0 Å². The van der Waals surface area contributed by atoms with Crippen molar-refractivity contribution >= 4 is 39.0 Å². The van der Waals surface area contributed by atoms with E-state index in [1.165, 1.54) is 12.1 Å². The lowest BCUT2D eigenvalue weighted by molar-refractivity contribution is 0.0707. The van der Waals surface area contributed by atoms with Crippen molar-refractivity contribution in [2.75, 3.05) is 6.54 Å². The predicted molar refractivity (Wildman–Crippen MR) is 81.7 cm³/mol. The molecule has 0 saturated heterocycles. The van der Waals surface area contributed by atoms with Gasteiger partial charge in [-0.15, -0.1) is 0 Å². The van der Waals surface area contributed by atoms with Crippen molar-refractivity contribution in [3.8, 4) is 0 Å². The van der Waals surface area contributed by atoms with Gasteiger partial charge in [-0.1, -0.05) is 28.1 Å². The van der Waals surface area contributed by atoms with Crippen LogP contribution in [0.15, 0.2) is 22.7 Å². The molecular weight excluding hydrogens is 331 g/mol. The van der Waals surface area contributed by atoms with Crippen molar-refractivity contribution in [1.82, 2.24) is 4.90 Å². The van der Waals surface area contributed by atoms with Crippen LogP contribution in [0.1, 0.15) is 30.6 Å². The summed E-state index contributed by atoms with van der Waals surface area (Å²) in [5, 5.41) is 0. The smallest absolute Gasteiger partial charge is 0.257 e. The number of halogens is 2. The van der Waals surface area contributed by atoms with E-state index in [9.17, 15) is 9.18 Å². The molecule has 0 aliphatic carbocycles. The molecule has 0 spiro atoms. The number of hydrogen-bond acceptors (Lipinski definition) is 2. The number of carbonyl (C=O) groups is 1. The average Bonchev–Trinajstić information content (AvgIpc) is 2.27. The van der Waals surface area contributed by atoms with E-state index < -0.39 is 5.82 Å². The molecule has 104 valence electrons. The summed E-state index contributed by atoms with van der Waals surface area (Å²) in [6.45, 7) is 4.13. The molecule has 0 saturated carbocycles. The van der Waals surface area contributed by atoms with Crippen molar-refractivity contribution in [2.45, 2.75) is 26.3 Å². The maximum Gasteiger partial charge on any atom is 0.257 e. The van der Waals surface area contributed by atoms with Crippen molar-refractivity contribution in [3.05, 3.63) is 34.1 Å². The van der Waals surface area contributed by atoms with Gasteiger partial charge in [-0.05, 0) is 32.0 Å². The van der Waals surface area contributed by atoms with Gasteiger partial charge in [0.1, 0.15) is 5.82 Å². The zero-order valence-corrected chi connectivity index (χ0v) is 13.2. The monoisotopic (exact) mass is 346 g/mol. The van der Waals surface area contributed by atoms with Gasteiger partial charge >= 0.3 is 0 Å². The maximum absolute atomic E-state index is 13.8. The highest BCUT2D eigenvalue weighted by Gasteiger charge is 2.21. The van der Waals surface area contributed by atoms with Crippen molar-refractivity contribution in [2.24, 2.45) is 5.73 Å². The second-order valence-electron chi connectivity index (χ2n) is 4.43. The van der Waals surface area contributed by atoms with Gasteiger partial charge in [-0.3, -0.25) is 4.79 Å². The summed E-state index contributed by atoms with van der Waals surface area (Å²) >= 11 is 7.97. The Hall–Kier alpha value is -1.01. The minimum absolute atomic E-state index is 0.0510. The third kappa shape index (κ3) is 4.54. The number of benzene rings is 1. The first-order chi connectivity index (χ1) is 8.82. The molecule has 6 heteroatoms. The SMILES string of the molecule is CC(C)N(CCC(N)=S)C(=O)c1ccc(Br)cc1F. The second kappa shape index (κ2) is 6.96. The molecule has 0 atom stereocenters. The Kier molecular flexibility index (Phi) is 5.87. The summed E-state index contributed by atoms with van der Waals surface area (Å²) in [5.41, 5.74) is 5.50. The lowest BCUT2D eigenvalue weighted by atomic mass is 10.1. The zero-order chi connectivity index (χ0) is 14.6. The van der Waals surface area contributed by atoms with Gasteiger partial charge in [0.15, 0.2) is 0 Å². The van der Waals surface area contributed by atoms with E-state index in [0.717, 1.165) is 0 Å². The zero-order valence-electron chi connectivity index (χ0n) is 10.8. The number of rotatable bonds is 5. The number of hydrogen-bond donors (Lipinski definition) is 1. The fraction of sp³-hybridized carbons (Fsp3) is 0.385. The molecule has 1 amide bonds. The van der Waals surface area contributed by atoms with E-state index in [4.69, 9.17) is 18.0 Å². The van der Waals surface area contributed by atoms with Crippen LogP contribution in [0, 0.1) is 5.82 Å². The highest BCUT2D eigenvalue weighted by atomic mass is 79.9. The van der Waals surface area contributed by atoms with Gasteiger partial charge in [-0.25, -0.2) is 4.39 Å². The summed E-state index contributed by atoms with van der Waals surface area (Å²) in [5.74, 6) is -0.892. The topological polar surface area (TPSA) is 46.3 Å². The minimum atomic E-state index is -0.541. The van der Waals surface area contributed by atoms with Crippen molar-refractivity contribution in [3.63, 3.8) is 0 Å². The Bertz CT molecular complexity index is 494. The summed E-state index contributed by atoms with van der Waals surface area (Å²) in [6.07, 6.45) is 0.428. The molecular formula is C13H16BrFN2OS. The quantitative estimate of drug-likeness (QED) is 0.833. The molecule has 0 unspecified atom stereocenters. The van der Waals surface area contributed by atoms with Gasteiger partial charge in [0.2, 0.25) is 0 Å². The number of amides is 1. The Labute approximate surface area is 126 Å². The van der Waals surface area contributed by atoms with Crippen LogP contribution in [0.4, 0.5) is 4.39 Å². The van der Waals surface area contributed by atoms with Gasteiger partial charge in [0.25, 0.3) is 5.91 Å². The van der Waals surface area contributed by atoms with Crippen LogP contribution in [0.5, 0.6) is 0 Å². The molecule has 0 aliphatic heterocycles. The largest absolute Gasteiger partial charge is 0.393 e. The van der Waals surface area contributed by atoms with Gasteiger partial charge in [0.05, 0.1) is 10.6 Å². The molecule has 0 bridgehead atoms. The fourth-order valence-electron chi connectivity index (χ4n) is 1.64. The average molecular weight is 347 g/mol. The first-order valence-corrected chi connectivity index (χ1v) is 7.07. The van der Waals surface area contributed by atoms with Gasteiger partial charge < -0.3 is 10.6 Å². The second-order valence-corrected chi connectivity index (χ2v) is 5.87.